The van der Waals surface area contributed by atoms with Crippen molar-refractivity contribution in [1.29, 1.82) is 0 Å². The van der Waals surface area contributed by atoms with E-state index in [1.165, 1.54) is 49.9 Å². The molecule has 0 amide bonds. The molecule has 1 aliphatic rings. The molecular formula is C19H30N2. The summed E-state index contributed by atoms with van der Waals surface area (Å²) in [5, 5.41) is 0. The van der Waals surface area contributed by atoms with Crippen LogP contribution in [-0.4, -0.2) is 23.8 Å². The lowest BCUT2D eigenvalue weighted by molar-refractivity contribution is 0.399. The molecule has 0 fully saturated rings. The van der Waals surface area contributed by atoms with Gasteiger partial charge in [0.2, 0.25) is 0 Å². The highest BCUT2D eigenvalue weighted by molar-refractivity contribution is 5.84. The number of hydrogen-bond acceptors (Lipinski definition) is 2. The van der Waals surface area contributed by atoms with E-state index in [1.807, 2.05) is 0 Å². The Hall–Kier alpha value is -1.31. The lowest BCUT2D eigenvalue weighted by Crippen LogP contribution is -2.29. The Labute approximate surface area is 130 Å². The summed E-state index contributed by atoms with van der Waals surface area (Å²) in [5.41, 5.74) is 1.40. The van der Waals surface area contributed by atoms with Crippen LogP contribution in [0.2, 0.25) is 0 Å². The molecule has 1 aliphatic heterocycles. The van der Waals surface area contributed by atoms with Gasteiger partial charge in [0.05, 0.1) is 12.4 Å². The molecule has 1 atom stereocenters. The first-order valence-corrected chi connectivity index (χ1v) is 8.65. The zero-order valence-corrected chi connectivity index (χ0v) is 13.7. The van der Waals surface area contributed by atoms with Gasteiger partial charge in [-0.05, 0) is 11.5 Å². The summed E-state index contributed by atoms with van der Waals surface area (Å²) in [6, 6.07) is 10.8. The summed E-state index contributed by atoms with van der Waals surface area (Å²) in [6.07, 6.45) is 7.85. The third-order valence-electron chi connectivity index (χ3n) is 4.38. The molecule has 0 bridgehead atoms. The Kier molecular flexibility index (Phi) is 6.78. The minimum absolute atomic E-state index is 0.824. The van der Waals surface area contributed by atoms with Crippen molar-refractivity contribution < 1.29 is 0 Å². The molecule has 1 aromatic rings. The van der Waals surface area contributed by atoms with Crippen molar-refractivity contribution in [2.75, 3.05) is 13.1 Å². The summed E-state index contributed by atoms with van der Waals surface area (Å²) < 4.78 is 0. The zero-order chi connectivity index (χ0) is 14.9. The number of aliphatic imine (C=N–C) groups is 1. The van der Waals surface area contributed by atoms with Crippen LogP contribution >= 0.6 is 0 Å². The number of hydrogen-bond donors (Lipinski definition) is 0. The van der Waals surface area contributed by atoms with Gasteiger partial charge in [0.15, 0.2) is 0 Å². The number of unbranched alkanes of at least 4 members (excludes halogenated alkanes) is 1. The first-order chi connectivity index (χ1) is 10.3. The molecule has 0 saturated carbocycles. The van der Waals surface area contributed by atoms with Gasteiger partial charge < -0.3 is 4.90 Å². The van der Waals surface area contributed by atoms with Crippen LogP contribution in [0, 0.1) is 5.92 Å². The molecule has 1 heterocycles. The maximum absolute atomic E-state index is 4.79. The van der Waals surface area contributed by atoms with Crippen LogP contribution in [-0.2, 0) is 6.54 Å². The molecule has 116 valence electrons. The van der Waals surface area contributed by atoms with E-state index in [9.17, 15) is 0 Å². The quantitative estimate of drug-likeness (QED) is 0.630. The number of benzene rings is 1. The molecule has 0 N–H and O–H groups in total. The highest BCUT2D eigenvalue weighted by Gasteiger charge is 2.20. The van der Waals surface area contributed by atoms with Gasteiger partial charge in [0.1, 0.15) is 0 Å². The van der Waals surface area contributed by atoms with Gasteiger partial charge in [-0.25, -0.2) is 0 Å². The van der Waals surface area contributed by atoms with Crippen molar-refractivity contribution in [3.63, 3.8) is 0 Å². The third-order valence-corrected chi connectivity index (χ3v) is 4.38. The van der Waals surface area contributed by atoms with Crippen molar-refractivity contribution in [1.82, 2.24) is 4.90 Å². The van der Waals surface area contributed by atoms with Crippen molar-refractivity contribution in [2.24, 2.45) is 10.9 Å². The fourth-order valence-electron chi connectivity index (χ4n) is 3.20. The van der Waals surface area contributed by atoms with E-state index in [0.29, 0.717) is 0 Å². The molecule has 1 aromatic carbocycles. The van der Waals surface area contributed by atoms with Crippen molar-refractivity contribution in [2.45, 2.75) is 58.9 Å². The summed E-state index contributed by atoms with van der Waals surface area (Å²) in [4.78, 5) is 7.28. The summed E-state index contributed by atoms with van der Waals surface area (Å²) in [6.45, 7) is 7.69. The normalized spacial score (nSPS) is 16.1. The molecule has 2 nitrogen and oxygen atoms in total. The largest absolute Gasteiger partial charge is 0.354 e. The lowest BCUT2D eigenvalue weighted by Gasteiger charge is -2.24. The molecule has 1 unspecified atom stereocenters. The van der Waals surface area contributed by atoms with Gasteiger partial charge in [0, 0.05) is 19.5 Å². The van der Waals surface area contributed by atoms with Crippen LogP contribution in [0.5, 0.6) is 0 Å². The fraction of sp³-hybridized carbons (Fsp3) is 0.632. The molecule has 2 rings (SSSR count). The first kappa shape index (κ1) is 16.1. The molecule has 2 heteroatoms. The standard InChI is InChI=1S/C19H30N2/c1-3-5-10-17(9-4-2)15-19-20-13-14-21(19)16-18-11-7-6-8-12-18/h6-8,11-12,17H,3-5,9-10,13-16H2,1-2H3. The van der Waals surface area contributed by atoms with Crippen molar-refractivity contribution in [3.05, 3.63) is 35.9 Å². The SMILES string of the molecule is CCCCC(CCC)CC1=NCCN1Cc1ccccc1. The second-order valence-electron chi connectivity index (χ2n) is 6.21. The predicted octanol–water partition coefficient (Wildman–Crippen LogP) is 4.90. The van der Waals surface area contributed by atoms with E-state index in [1.54, 1.807) is 0 Å². The van der Waals surface area contributed by atoms with Crippen LogP contribution in [0.4, 0.5) is 0 Å². The monoisotopic (exact) mass is 286 g/mol. The summed E-state index contributed by atoms with van der Waals surface area (Å²) in [7, 11) is 0. The topological polar surface area (TPSA) is 15.6 Å². The van der Waals surface area contributed by atoms with Gasteiger partial charge in [-0.2, -0.15) is 0 Å². The molecule has 0 spiro atoms. The maximum Gasteiger partial charge on any atom is 0.0996 e. The lowest BCUT2D eigenvalue weighted by atomic mass is 9.93. The smallest absolute Gasteiger partial charge is 0.0996 e. The van der Waals surface area contributed by atoms with Crippen molar-refractivity contribution >= 4 is 5.84 Å². The maximum atomic E-state index is 4.79. The number of rotatable bonds is 9. The number of nitrogens with zero attached hydrogens (tertiary/aromatic N) is 2. The van der Waals surface area contributed by atoms with E-state index in [0.717, 1.165) is 25.6 Å². The summed E-state index contributed by atoms with van der Waals surface area (Å²) >= 11 is 0. The minimum atomic E-state index is 0.824. The first-order valence-electron chi connectivity index (χ1n) is 8.65. The van der Waals surface area contributed by atoms with Crippen LogP contribution < -0.4 is 0 Å². The van der Waals surface area contributed by atoms with Crippen LogP contribution in [0.3, 0.4) is 0 Å². The number of amidine groups is 1. The van der Waals surface area contributed by atoms with E-state index in [2.05, 4.69) is 49.1 Å². The average Bonchev–Trinajstić information content (AvgIpc) is 2.93. The molecular weight excluding hydrogens is 256 g/mol. The van der Waals surface area contributed by atoms with Crippen LogP contribution in [0.25, 0.3) is 0 Å². The minimum Gasteiger partial charge on any atom is -0.354 e. The molecule has 0 aromatic heterocycles. The molecule has 0 aliphatic carbocycles. The van der Waals surface area contributed by atoms with E-state index < -0.39 is 0 Å². The molecule has 21 heavy (non-hydrogen) atoms. The Balaban J connectivity index is 1.91. The Bertz CT molecular complexity index is 424. The highest BCUT2D eigenvalue weighted by Crippen LogP contribution is 2.22. The van der Waals surface area contributed by atoms with E-state index in [-0.39, 0.29) is 0 Å². The van der Waals surface area contributed by atoms with Crippen LogP contribution in [0.15, 0.2) is 35.3 Å². The van der Waals surface area contributed by atoms with Crippen molar-refractivity contribution in [3.8, 4) is 0 Å². The van der Waals surface area contributed by atoms with Gasteiger partial charge in [-0.1, -0.05) is 76.3 Å². The van der Waals surface area contributed by atoms with E-state index >= 15 is 0 Å². The second kappa shape index (κ2) is 8.86. The van der Waals surface area contributed by atoms with Gasteiger partial charge in [-0.15, -0.1) is 0 Å². The summed E-state index contributed by atoms with van der Waals surface area (Å²) in [5.74, 6) is 2.18. The Morgan fingerprint density at radius 3 is 2.62 bits per heavy atom. The Morgan fingerprint density at radius 1 is 1.10 bits per heavy atom. The van der Waals surface area contributed by atoms with Crippen LogP contribution in [0.1, 0.15) is 57.9 Å². The van der Waals surface area contributed by atoms with E-state index in [4.69, 9.17) is 4.99 Å². The van der Waals surface area contributed by atoms with Gasteiger partial charge in [0.25, 0.3) is 0 Å². The highest BCUT2D eigenvalue weighted by atomic mass is 15.2. The zero-order valence-electron chi connectivity index (χ0n) is 13.7. The third kappa shape index (κ3) is 5.18. The second-order valence-corrected chi connectivity index (χ2v) is 6.21. The molecule has 0 radical (unpaired) electrons. The Morgan fingerprint density at radius 2 is 1.90 bits per heavy atom. The molecule has 0 saturated heterocycles. The average molecular weight is 286 g/mol. The predicted molar refractivity (Wildman–Crippen MR) is 91.7 cm³/mol. The fourth-order valence-corrected chi connectivity index (χ4v) is 3.20. The van der Waals surface area contributed by atoms with Gasteiger partial charge >= 0.3 is 0 Å². The van der Waals surface area contributed by atoms with Gasteiger partial charge in [-0.3, -0.25) is 4.99 Å².